The molecule has 2 aromatic carbocycles. The lowest BCUT2D eigenvalue weighted by Crippen LogP contribution is -2.05. The number of aliphatic carboxylic acids is 1. The molecule has 3 heteroatoms. The molecule has 0 bridgehead atoms. The van der Waals surface area contributed by atoms with E-state index in [2.05, 4.69) is 24.3 Å². The van der Waals surface area contributed by atoms with Gasteiger partial charge in [0.05, 0.1) is 19.1 Å². The monoisotopic (exact) mass is 282 g/mol. The van der Waals surface area contributed by atoms with Crippen LogP contribution in [0.1, 0.15) is 22.3 Å². The summed E-state index contributed by atoms with van der Waals surface area (Å²) in [6.45, 7) is 0.807. The molecule has 0 amide bonds. The van der Waals surface area contributed by atoms with Crippen molar-refractivity contribution in [3.8, 4) is 0 Å². The van der Waals surface area contributed by atoms with Crippen LogP contribution in [-0.2, 0) is 28.8 Å². The lowest BCUT2D eigenvalue weighted by atomic mass is 10.0. The predicted octanol–water partition coefficient (Wildman–Crippen LogP) is 2.85. The molecule has 0 saturated carbocycles. The average Bonchev–Trinajstić information content (AvgIpc) is 3.36. The molecule has 0 aromatic heterocycles. The Kier molecular flexibility index (Phi) is 4.02. The van der Waals surface area contributed by atoms with Gasteiger partial charge in [-0.25, -0.2) is 0 Å². The predicted molar refractivity (Wildman–Crippen MR) is 80.5 cm³/mol. The molecule has 108 valence electrons. The van der Waals surface area contributed by atoms with Crippen LogP contribution in [0, 0.1) is 0 Å². The minimum atomic E-state index is -0.783. The highest BCUT2D eigenvalue weighted by atomic mass is 16.6. The Labute approximate surface area is 124 Å². The number of fused-ring (bicyclic) bond motifs is 1. The van der Waals surface area contributed by atoms with Gasteiger partial charge in [-0.2, -0.15) is 0 Å². The van der Waals surface area contributed by atoms with Crippen molar-refractivity contribution >= 4 is 5.97 Å². The Balaban J connectivity index is 0.000000156. The van der Waals surface area contributed by atoms with Crippen molar-refractivity contribution in [2.75, 3.05) is 6.61 Å². The summed E-state index contributed by atoms with van der Waals surface area (Å²) in [5, 5.41) is 8.71. The Morgan fingerprint density at radius 1 is 1.05 bits per heavy atom. The van der Waals surface area contributed by atoms with Crippen LogP contribution >= 0.6 is 0 Å². The summed E-state index contributed by atoms with van der Waals surface area (Å²) >= 11 is 0. The van der Waals surface area contributed by atoms with Crippen LogP contribution < -0.4 is 0 Å². The molecule has 1 aliphatic heterocycles. The Bertz CT molecular complexity index is 623. The van der Waals surface area contributed by atoms with Gasteiger partial charge in [0.2, 0.25) is 0 Å². The van der Waals surface area contributed by atoms with Crippen molar-refractivity contribution < 1.29 is 14.6 Å². The highest BCUT2D eigenvalue weighted by Gasteiger charge is 2.23. The number of carbonyl (C=O) groups is 1. The second-order valence-electron chi connectivity index (χ2n) is 5.44. The van der Waals surface area contributed by atoms with E-state index in [1.807, 2.05) is 24.3 Å². The van der Waals surface area contributed by atoms with E-state index in [1.165, 1.54) is 17.5 Å². The highest BCUT2D eigenvalue weighted by Crippen LogP contribution is 2.25. The van der Waals surface area contributed by atoms with Crippen molar-refractivity contribution in [1.29, 1.82) is 0 Å². The number of carboxylic acids is 1. The summed E-state index contributed by atoms with van der Waals surface area (Å²) in [4.78, 5) is 10.6. The van der Waals surface area contributed by atoms with E-state index in [4.69, 9.17) is 9.84 Å². The fourth-order valence-electron chi connectivity index (χ4n) is 2.36. The Morgan fingerprint density at radius 2 is 1.62 bits per heavy atom. The van der Waals surface area contributed by atoms with Gasteiger partial charge >= 0.3 is 5.97 Å². The number of rotatable bonds is 4. The normalized spacial score (nSPS) is 17.2. The maximum atomic E-state index is 10.6. The van der Waals surface area contributed by atoms with Crippen LogP contribution in [0.25, 0.3) is 0 Å². The molecule has 2 aliphatic rings. The van der Waals surface area contributed by atoms with Gasteiger partial charge in [0.25, 0.3) is 0 Å². The van der Waals surface area contributed by atoms with E-state index >= 15 is 0 Å². The lowest BCUT2D eigenvalue weighted by molar-refractivity contribution is -0.136. The van der Waals surface area contributed by atoms with Crippen LogP contribution in [0.3, 0.4) is 0 Å². The van der Waals surface area contributed by atoms with E-state index < -0.39 is 5.97 Å². The lowest BCUT2D eigenvalue weighted by Gasteiger charge is -2.05. The molecule has 21 heavy (non-hydrogen) atoms. The van der Waals surface area contributed by atoms with E-state index in [0.717, 1.165) is 24.2 Å². The summed E-state index contributed by atoms with van der Waals surface area (Å²) in [5.41, 5.74) is 5.05. The van der Waals surface area contributed by atoms with Crippen LogP contribution in [0.15, 0.2) is 48.5 Å². The number of ether oxygens (including phenoxy) is 1. The van der Waals surface area contributed by atoms with Gasteiger partial charge in [-0.15, -0.1) is 0 Å². The molecular formula is C18H18O3. The first-order valence-electron chi connectivity index (χ1n) is 7.19. The topological polar surface area (TPSA) is 49.8 Å². The van der Waals surface area contributed by atoms with Crippen molar-refractivity contribution in [1.82, 2.24) is 0 Å². The summed E-state index contributed by atoms with van der Waals surface area (Å²) in [7, 11) is 0. The largest absolute Gasteiger partial charge is 0.481 e. The quantitative estimate of drug-likeness (QED) is 0.749. The van der Waals surface area contributed by atoms with Crippen molar-refractivity contribution in [2.45, 2.75) is 25.4 Å². The molecule has 4 rings (SSSR count). The first kappa shape index (κ1) is 13.8. The van der Waals surface area contributed by atoms with Crippen molar-refractivity contribution in [3.05, 3.63) is 70.8 Å². The van der Waals surface area contributed by atoms with E-state index in [1.54, 1.807) is 0 Å². The van der Waals surface area contributed by atoms with Crippen molar-refractivity contribution in [3.63, 3.8) is 0 Å². The molecule has 1 N–H and O–H groups in total. The number of hydrogen-bond acceptors (Lipinski definition) is 2. The van der Waals surface area contributed by atoms with E-state index in [9.17, 15) is 4.79 Å². The Hall–Kier alpha value is -2.13. The van der Waals surface area contributed by atoms with Gasteiger partial charge in [-0.05, 0) is 28.7 Å². The molecule has 1 aliphatic carbocycles. The number of benzene rings is 2. The zero-order valence-electron chi connectivity index (χ0n) is 11.8. The van der Waals surface area contributed by atoms with Gasteiger partial charge in [-0.3, -0.25) is 4.79 Å². The summed E-state index contributed by atoms with van der Waals surface area (Å²) in [6.07, 6.45) is 2.49. The SMILES string of the molecule is O=C(O)Cc1ccccc1CC1CO1.c1ccc2c(c1)C2. The van der Waals surface area contributed by atoms with E-state index in [0.29, 0.717) is 6.10 Å². The molecule has 1 atom stereocenters. The van der Waals surface area contributed by atoms with Gasteiger partial charge in [0.1, 0.15) is 0 Å². The third-order valence-electron chi connectivity index (χ3n) is 3.68. The molecule has 1 unspecified atom stereocenters. The summed E-state index contributed by atoms with van der Waals surface area (Å²) in [6, 6.07) is 16.2. The number of hydrogen-bond donors (Lipinski definition) is 1. The minimum Gasteiger partial charge on any atom is -0.481 e. The van der Waals surface area contributed by atoms with Crippen LogP contribution in [0.2, 0.25) is 0 Å². The maximum absolute atomic E-state index is 10.6. The molecule has 3 nitrogen and oxygen atoms in total. The molecule has 0 spiro atoms. The van der Waals surface area contributed by atoms with Crippen molar-refractivity contribution in [2.24, 2.45) is 0 Å². The highest BCUT2D eigenvalue weighted by molar-refractivity contribution is 5.70. The molecule has 2 aromatic rings. The van der Waals surface area contributed by atoms with E-state index in [-0.39, 0.29) is 6.42 Å². The number of epoxide rings is 1. The third-order valence-corrected chi connectivity index (χ3v) is 3.68. The van der Waals surface area contributed by atoms with Gasteiger partial charge in [-0.1, -0.05) is 48.5 Å². The molecule has 1 saturated heterocycles. The van der Waals surface area contributed by atoms with Crippen LogP contribution in [-0.4, -0.2) is 23.8 Å². The fraction of sp³-hybridized carbons (Fsp3) is 0.278. The van der Waals surface area contributed by atoms with Gasteiger partial charge in [0.15, 0.2) is 0 Å². The second-order valence-corrected chi connectivity index (χ2v) is 5.44. The zero-order chi connectivity index (χ0) is 14.7. The van der Waals surface area contributed by atoms with Crippen LogP contribution in [0.5, 0.6) is 0 Å². The van der Waals surface area contributed by atoms with Gasteiger partial charge < -0.3 is 9.84 Å². The minimum absolute atomic E-state index is 0.100. The Morgan fingerprint density at radius 3 is 2.14 bits per heavy atom. The molecule has 1 heterocycles. The summed E-state index contributed by atoms with van der Waals surface area (Å²) < 4.78 is 5.12. The molecule has 1 fully saturated rings. The molecular weight excluding hydrogens is 264 g/mol. The standard InChI is InChI=1S/C11H12O3.C7H6/c12-11(13)6-9-4-2-1-3-8(9)5-10-7-14-10;1-2-4-7-5-6(7)3-1/h1-4,10H,5-7H2,(H,12,13);1-4H,5H2. The number of carboxylic acid groups (broad SMARTS) is 1. The first-order valence-corrected chi connectivity index (χ1v) is 7.19. The summed E-state index contributed by atoms with van der Waals surface area (Å²) in [5.74, 6) is -0.783. The second kappa shape index (κ2) is 6.10. The first-order chi connectivity index (χ1) is 10.2. The van der Waals surface area contributed by atoms with Gasteiger partial charge in [0, 0.05) is 6.42 Å². The third kappa shape index (κ3) is 4.17. The van der Waals surface area contributed by atoms with Crippen LogP contribution in [0.4, 0.5) is 0 Å². The fourth-order valence-corrected chi connectivity index (χ4v) is 2.36. The maximum Gasteiger partial charge on any atom is 0.307 e. The average molecular weight is 282 g/mol. The zero-order valence-corrected chi connectivity index (χ0v) is 11.8. The molecule has 0 radical (unpaired) electrons. The smallest absolute Gasteiger partial charge is 0.307 e.